The van der Waals surface area contributed by atoms with Gasteiger partial charge >= 0.3 is 0 Å². The number of amides is 1. The maximum absolute atomic E-state index is 12.6. The molecular weight excluding hydrogens is 410 g/mol. The molecule has 0 saturated carbocycles. The number of anilines is 2. The van der Waals surface area contributed by atoms with Crippen LogP contribution in [0.1, 0.15) is 29.2 Å². The summed E-state index contributed by atoms with van der Waals surface area (Å²) in [5.41, 5.74) is 3.92. The Balaban J connectivity index is 1.52. The number of ether oxygens (including phenoxy) is 1. The van der Waals surface area contributed by atoms with Crippen molar-refractivity contribution in [2.24, 2.45) is 5.41 Å². The van der Waals surface area contributed by atoms with Gasteiger partial charge in [0.2, 0.25) is 0 Å². The summed E-state index contributed by atoms with van der Waals surface area (Å²) in [5.74, 6) is 0.796. The van der Waals surface area contributed by atoms with Crippen LogP contribution in [0.2, 0.25) is 0 Å². The van der Waals surface area contributed by atoms with Crippen LogP contribution in [-0.2, 0) is 13.0 Å². The van der Waals surface area contributed by atoms with Crippen LogP contribution >= 0.6 is 11.3 Å². The Hall–Kier alpha value is -3.13. The van der Waals surface area contributed by atoms with E-state index in [2.05, 4.69) is 41.8 Å². The van der Waals surface area contributed by atoms with Crippen LogP contribution in [0.25, 0.3) is 11.1 Å². The molecule has 31 heavy (non-hydrogen) atoms. The fourth-order valence-electron chi connectivity index (χ4n) is 4.01. The third kappa shape index (κ3) is 3.72. The summed E-state index contributed by atoms with van der Waals surface area (Å²) in [7, 11) is 0. The van der Waals surface area contributed by atoms with Crippen molar-refractivity contribution < 1.29 is 9.53 Å². The second kappa shape index (κ2) is 7.53. The van der Waals surface area contributed by atoms with E-state index >= 15 is 0 Å². The van der Waals surface area contributed by atoms with E-state index in [-0.39, 0.29) is 11.3 Å². The van der Waals surface area contributed by atoms with Crippen LogP contribution in [0.15, 0.2) is 43.2 Å². The third-order valence-corrected chi connectivity index (χ3v) is 6.72. The highest BCUT2D eigenvalue weighted by atomic mass is 32.1. The summed E-state index contributed by atoms with van der Waals surface area (Å²) < 4.78 is 7.76. The van der Waals surface area contributed by atoms with Gasteiger partial charge in [0.05, 0.1) is 30.7 Å². The monoisotopic (exact) mass is 435 g/mol. The fourth-order valence-corrected chi connectivity index (χ4v) is 5.05. The highest BCUT2D eigenvalue weighted by Gasteiger charge is 2.32. The molecule has 160 valence electrons. The molecule has 5 rings (SSSR count). The normalized spacial score (nSPS) is 17.2. The van der Waals surface area contributed by atoms with Crippen molar-refractivity contribution in [3.8, 4) is 16.9 Å². The fraction of sp³-hybridized carbons (Fsp3) is 0.348. The Bertz CT molecular complexity index is 1160. The zero-order valence-electron chi connectivity index (χ0n) is 17.7. The number of thiazole rings is 1. The molecule has 1 N–H and O–H groups in total. The number of benzene rings is 1. The molecule has 2 aliphatic rings. The molecule has 8 heteroatoms. The van der Waals surface area contributed by atoms with Gasteiger partial charge in [-0.25, -0.2) is 4.98 Å². The topological polar surface area (TPSA) is 72.3 Å². The van der Waals surface area contributed by atoms with Crippen molar-refractivity contribution in [3.63, 3.8) is 0 Å². The van der Waals surface area contributed by atoms with Gasteiger partial charge in [0.15, 0.2) is 5.13 Å². The van der Waals surface area contributed by atoms with Crippen LogP contribution in [0.3, 0.4) is 0 Å². The predicted molar refractivity (Wildman–Crippen MR) is 122 cm³/mol. The number of carbonyl (C=O) groups is 1. The van der Waals surface area contributed by atoms with Gasteiger partial charge in [0.25, 0.3) is 5.91 Å². The molecule has 0 fully saturated rings. The van der Waals surface area contributed by atoms with Crippen LogP contribution in [0, 0.1) is 5.41 Å². The van der Waals surface area contributed by atoms with Crippen LogP contribution in [0.4, 0.5) is 10.8 Å². The third-order valence-electron chi connectivity index (χ3n) is 5.60. The van der Waals surface area contributed by atoms with Crippen LogP contribution in [-0.4, -0.2) is 40.4 Å². The average molecular weight is 436 g/mol. The number of aromatic nitrogens is 3. The van der Waals surface area contributed by atoms with Gasteiger partial charge in [0, 0.05) is 18.3 Å². The minimum atomic E-state index is -0.0267. The van der Waals surface area contributed by atoms with E-state index in [9.17, 15) is 4.79 Å². The van der Waals surface area contributed by atoms with Gasteiger partial charge in [-0.05, 0) is 29.5 Å². The molecule has 0 spiro atoms. The second-order valence-corrected chi connectivity index (χ2v) is 9.70. The Labute approximate surface area is 185 Å². The Morgan fingerprint density at radius 3 is 3.06 bits per heavy atom. The standard InChI is InChI=1S/C23H25N5O2S/c1-4-7-27-13-16(12-25-27)15-5-6-19-18(10-15)28(8-9-30-19)22-26-17-11-23(2,3)14-24-21(29)20(17)31-22/h4-6,10,12-13H,1,7-9,11,14H2,2-3H3,(H,24,29). The first-order chi connectivity index (χ1) is 14.9. The lowest BCUT2D eigenvalue weighted by Gasteiger charge is -2.29. The molecule has 2 aromatic heterocycles. The second-order valence-electron chi connectivity index (χ2n) is 8.72. The summed E-state index contributed by atoms with van der Waals surface area (Å²) in [6, 6.07) is 6.15. The van der Waals surface area contributed by atoms with Crippen molar-refractivity contribution in [1.29, 1.82) is 0 Å². The van der Waals surface area contributed by atoms with E-state index in [4.69, 9.17) is 9.72 Å². The number of rotatable bonds is 4. The molecule has 0 radical (unpaired) electrons. The van der Waals surface area contributed by atoms with Crippen molar-refractivity contribution >= 4 is 28.1 Å². The van der Waals surface area contributed by atoms with E-state index in [0.717, 1.165) is 44.7 Å². The summed E-state index contributed by atoms with van der Waals surface area (Å²) >= 11 is 1.46. The number of nitrogens with zero attached hydrogens (tertiary/aromatic N) is 4. The van der Waals surface area contributed by atoms with E-state index < -0.39 is 0 Å². The molecular formula is C23H25N5O2S. The lowest BCUT2D eigenvalue weighted by Crippen LogP contribution is -2.32. The zero-order valence-corrected chi connectivity index (χ0v) is 18.5. The Kier molecular flexibility index (Phi) is 4.81. The number of carbonyl (C=O) groups excluding carboxylic acids is 1. The zero-order chi connectivity index (χ0) is 21.6. The summed E-state index contributed by atoms with van der Waals surface area (Å²) in [6.45, 7) is 10.7. The quantitative estimate of drug-likeness (QED) is 0.627. The maximum atomic E-state index is 12.6. The molecule has 0 unspecified atom stereocenters. The van der Waals surface area contributed by atoms with Gasteiger partial charge in [-0.15, -0.1) is 6.58 Å². The number of hydrogen-bond donors (Lipinski definition) is 1. The van der Waals surface area contributed by atoms with Gasteiger partial charge in [-0.2, -0.15) is 5.10 Å². The number of hydrogen-bond acceptors (Lipinski definition) is 6. The minimum absolute atomic E-state index is 0.0199. The molecule has 7 nitrogen and oxygen atoms in total. The maximum Gasteiger partial charge on any atom is 0.263 e. The first kappa shape index (κ1) is 19.8. The first-order valence-electron chi connectivity index (χ1n) is 10.4. The highest BCUT2D eigenvalue weighted by molar-refractivity contribution is 7.17. The number of nitrogens with one attached hydrogen (secondary N) is 1. The van der Waals surface area contributed by atoms with Crippen molar-refractivity contribution in [2.75, 3.05) is 24.6 Å². The van der Waals surface area contributed by atoms with Crippen molar-refractivity contribution in [2.45, 2.75) is 26.8 Å². The van der Waals surface area contributed by atoms with Gasteiger partial charge in [-0.3, -0.25) is 9.48 Å². The Morgan fingerprint density at radius 1 is 1.35 bits per heavy atom. The molecule has 0 saturated heterocycles. The van der Waals surface area contributed by atoms with Crippen LogP contribution < -0.4 is 15.0 Å². The molecule has 0 bridgehead atoms. The van der Waals surface area contributed by atoms with E-state index in [1.54, 1.807) is 0 Å². The average Bonchev–Trinajstić information content (AvgIpc) is 3.36. The van der Waals surface area contributed by atoms with Gasteiger partial charge in [0.1, 0.15) is 17.2 Å². The molecule has 2 aliphatic heterocycles. The lowest BCUT2D eigenvalue weighted by molar-refractivity contribution is 0.0948. The summed E-state index contributed by atoms with van der Waals surface area (Å²) in [6.07, 6.45) is 6.47. The molecule has 0 aliphatic carbocycles. The minimum Gasteiger partial charge on any atom is -0.490 e. The van der Waals surface area contributed by atoms with E-state index in [1.807, 2.05) is 35.3 Å². The summed E-state index contributed by atoms with van der Waals surface area (Å²) in [4.78, 5) is 20.4. The van der Waals surface area contributed by atoms with E-state index in [0.29, 0.717) is 26.2 Å². The molecule has 1 amide bonds. The Morgan fingerprint density at radius 2 is 2.23 bits per heavy atom. The van der Waals surface area contributed by atoms with Gasteiger partial charge < -0.3 is 15.0 Å². The summed E-state index contributed by atoms with van der Waals surface area (Å²) in [5, 5.41) is 8.27. The SMILES string of the molecule is C=CCn1cc(-c2ccc3c(c2)N(c2nc4c(s2)C(=O)NCC(C)(C)C4)CCO3)cn1. The highest BCUT2D eigenvalue weighted by Crippen LogP contribution is 2.42. The van der Waals surface area contributed by atoms with Crippen molar-refractivity contribution in [3.05, 3.63) is 53.8 Å². The predicted octanol–water partition coefficient (Wildman–Crippen LogP) is 4.04. The smallest absolute Gasteiger partial charge is 0.263 e. The lowest BCUT2D eigenvalue weighted by atomic mass is 9.88. The molecule has 1 aromatic carbocycles. The van der Waals surface area contributed by atoms with Crippen LogP contribution in [0.5, 0.6) is 5.75 Å². The molecule has 0 atom stereocenters. The molecule has 3 aromatic rings. The van der Waals surface area contributed by atoms with Crippen molar-refractivity contribution in [1.82, 2.24) is 20.1 Å². The number of fused-ring (bicyclic) bond motifs is 2. The number of allylic oxidation sites excluding steroid dienone is 1. The van der Waals surface area contributed by atoms with E-state index in [1.165, 1.54) is 11.3 Å². The van der Waals surface area contributed by atoms with Gasteiger partial charge in [-0.1, -0.05) is 37.3 Å². The largest absolute Gasteiger partial charge is 0.490 e. The first-order valence-corrected chi connectivity index (χ1v) is 11.2. The molecule has 4 heterocycles.